The summed E-state index contributed by atoms with van der Waals surface area (Å²) in [5.41, 5.74) is 1.83. The lowest BCUT2D eigenvalue weighted by atomic mass is 9.96. The molecule has 0 amide bonds. The van der Waals surface area contributed by atoms with Gasteiger partial charge in [0.2, 0.25) is 0 Å². The number of benzene rings is 2. The van der Waals surface area contributed by atoms with Gasteiger partial charge in [0.25, 0.3) is 5.56 Å². The molecule has 0 fully saturated rings. The van der Waals surface area contributed by atoms with Crippen molar-refractivity contribution in [3.8, 4) is 17.2 Å². The second-order valence-corrected chi connectivity index (χ2v) is 10.3. The fraction of sp³-hybridized carbons (Fsp3) is 0.286. The van der Waals surface area contributed by atoms with Crippen LogP contribution < -0.4 is 29.1 Å². The Labute approximate surface area is 237 Å². The van der Waals surface area contributed by atoms with Gasteiger partial charge in [0.05, 0.1) is 46.6 Å². The van der Waals surface area contributed by atoms with Crippen LogP contribution in [0.25, 0.3) is 6.08 Å². The highest BCUT2D eigenvalue weighted by molar-refractivity contribution is 9.10. The second kappa shape index (κ2) is 12.0. The smallest absolute Gasteiger partial charge is 0.338 e. The van der Waals surface area contributed by atoms with Crippen molar-refractivity contribution in [2.24, 2.45) is 4.99 Å². The zero-order valence-corrected chi connectivity index (χ0v) is 24.5. The number of hydrogen-bond acceptors (Lipinski definition) is 9. The number of rotatable bonds is 8. The molecule has 0 radical (unpaired) electrons. The molecule has 0 bridgehead atoms. The van der Waals surface area contributed by atoms with Gasteiger partial charge >= 0.3 is 11.9 Å². The van der Waals surface area contributed by atoms with Gasteiger partial charge in [-0.3, -0.25) is 14.2 Å². The van der Waals surface area contributed by atoms with Crippen LogP contribution in [-0.4, -0.2) is 36.8 Å². The summed E-state index contributed by atoms with van der Waals surface area (Å²) in [4.78, 5) is 43.5. The fourth-order valence-corrected chi connectivity index (χ4v) is 5.81. The van der Waals surface area contributed by atoms with Crippen LogP contribution in [-0.2, 0) is 14.3 Å². The van der Waals surface area contributed by atoms with Crippen LogP contribution in [0.5, 0.6) is 17.2 Å². The van der Waals surface area contributed by atoms with Crippen molar-refractivity contribution in [1.82, 2.24) is 4.57 Å². The third kappa shape index (κ3) is 5.84. The van der Waals surface area contributed by atoms with E-state index in [2.05, 4.69) is 20.9 Å². The third-order valence-corrected chi connectivity index (χ3v) is 7.40. The molecule has 0 N–H and O–H groups in total. The zero-order chi connectivity index (χ0) is 28.3. The van der Waals surface area contributed by atoms with Crippen molar-refractivity contribution in [2.45, 2.75) is 33.7 Å². The summed E-state index contributed by atoms with van der Waals surface area (Å²) in [5.74, 6) is 0.261. The van der Waals surface area contributed by atoms with E-state index in [4.69, 9.17) is 18.9 Å². The minimum absolute atomic E-state index is 0.190. The molecule has 0 saturated carbocycles. The fourth-order valence-electron chi connectivity index (χ4n) is 4.22. The minimum atomic E-state index is -0.731. The number of nitrogens with zero attached hydrogens (tertiary/aromatic N) is 2. The van der Waals surface area contributed by atoms with Crippen LogP contribution in [0.15, 0.2) is 61.9 Å². The number of esters is 2. The number of fused-ring (bicyclic) bond motifs is 1. The Kier molecular flexibility index (Phi) is 8.71. The maximum Gasteiger partial charge on any atom is 0.338 e. The first-order valence-corrected chi connectivity index (χ1v) is 13.8. The van der Waals surface area contributed by atoms with Crippen molar-refractivity contribution >= 4 is 45.3 Å². The van der Waals surface area contributed by atoms with E-state index in [1.54, 1.807) is 51.3 Å². The third-order valence-electron chi connectivity index (χ3n) is 5.82. The molecular weight excluding hydrogens is 588 g/mol. The summed E-state index contributed by atoms with van der Waals surface area (Å²) in [5, 5.41) is 0. The number of carbonyl (C=O) groups excluding carboxylic acids is 2. The number of ether oxygens (including phenoxy) is 4. The van der Waals surface area contributed by atoms with Gasteiger partial charge in [-0.2, -0.15) is 0 Å². The van der Waals surface area contributed by atoms with Crippen LogP contribution in [0.2, 0.25) is 0 Å². The predicted octanol–water partition coefficient (Wildman–Crippen LogP) is 3.89. The maximum absolute atomic E-state index is 13.8. The summed E-state index contributed by atoms with van der Waals surface area (Å²) in [7, 11) is 1.57. The summed E-state index contributed by atoms with van der Waals surface area (Å²) in [6, 6.07) is 9.89. The van der Waals surface area contributed by atoms with Crippen molar-refractivity contribution < 1.29 is 28.5 Å². The molecule has 4 rings (SSSR count). The van der Waals surface area contributed by atoms with Gasteiger partial charge in [-0.05, 0) is 78.2 Å². The Hall–Kier alpha value is -3.70. The van der Waals surface area contributed by atoms with Gasteiger partial charge in [-0.25, -0.2) is 9.79 Å². The molecule has 0 aliphatic carbocycles. The molecule has 1 atom stereocenters. The summed E-state index contributed by atoms with van der Waals surface area (Å²) in [6.45, 7) is 7.13. The topological polar surface area (TPSA) is 105 Å². The SMILES string of the molecule is CCOC(=O)C1=C(C)N=c2s/c(=C\c3cc(Br)c(OC(C)=O)c(OCC)c3)c(=O)n2[C@@H]1c1ccc(OC)cc1. The lowest BCUT2D eigenvalue weighted by Crippen LogP contribution is -2.39. The standard InChI is InChI=1S/C28H27BrN2O7S/c1-6-36-21-13-17(12-20(29)25(21)38-16(4)32)14-22-26(33)31-24(18-8-10-19(35-5)11-9-18)23(27(34)37-7-2)15(3)30-28(31)39-22/h8-14,24H,6-7H2,1-5H3/b22-14-/t24-/m1/s1. The first-order chi connectivity index (χ1) is 18.7. The molecule has 1 aromatic heterocycles. The van der Waals surface area contributed by atoms with Crippen molar-refractivity contribution in [1.29, 1.82) is 0 Å². The highest BCUT2D eigenvalue weighted by Gasteiger charge is 2.33. The van der Waals surface area contributed by atoms with E-state index in [-0.39, 0.29) is 17.9 Å². The molecule has 2 heterocycles. The van der Waals surface area contributed by atoms with Gasteiger partial charge in [0, 0.05) is 6.92 Å². The molecule has 1 aliphatic heterocycles. The van der Waals surface area contributed by atoms with Crippen LogP contribution in [0, 0.1) is 0 Å². The highest BCUT2D eigenvalue weighted by atomic mass is 79.9. The largest absolute Gasteiger partial charge is 0.497 e. The lowest BCUT2D eigenvalue weighted by Gasteiger charge is -2.24. The van der Waals surface area contributed by atoms with E-state index < -0.39 is 18.0 Å². The molecule has 0 unspecified atom stereocenters. The number of allylic oxidation sites excluding steroid dienone is 1. The zero-order valence-electron chi connectivity index (χ0n) is 22.1. The van der Waals surface area contributed by atoms with Crippen LogP contribution in [0.1, 0.15) is 44.9 Å². The molecule has 3 aromatic rings. The molecular formula is C28H27BrN2O7S. The van der Waals surface area contributed by atoms with Gasteiger partial charge in [-0.15, -0.1) is 0 Å². The van der Waals surface area contributed by atoms with Crippen molar-refractivity contribution in [3.05, 3.63) is 83.0 Å². The molecule has 204 valence electrons. The highest BCUT2D eigenvalue weighted by Crippen LogP contribution is 2.37. The molecule has 0 saturated heterocycles. The molecule has 1 aliphatic rings. The maximum atomic E-state index is 13.8. The summed E-state index contributed by atoms with van der Waals surface area (Å²) >= 11 is 4.65. The average Bonchev–Trinajstić information content (AvgIpc) is 3.19. The number of carbonyl (C=O) groups is 2. The normalized spacial score (nSPS) is 14.9. The lowest BCUT2D eigenvalue weighted by molar-refractivity contribution is -0.139. The minimum Gasteiger partial charge on any atom is -0.497 e. The molecule has 2 aromatic carbocycles. The summed E-state index contributed by atoms with van der Waals surface area (Å²) in [6.07, 6.45) is 1.71. The van der Waals surface area contributed by atoms with Crippen LogP contribution in [0.4, 0.5) is 0 Å². The van der Waals surface area contributed by atoms with Gasteiger partial charge < -0.3 is 18.9 Å². The average molecular weight is 616 g/mol. The van der Waals surface area contributed by atoms with Crippen molar-refractivity contribution in [2.75, 3.05) is 20.3 Å². The molecule has 9 nitrogen and oxygen atoms in total. The van der Waals surface area contributed by atoms with Gasteiger partial charge in [0.1, 0.15) is 5.75 Å². The van der Waals surface area contributed by atoms with Crippen molar-refractivity contribution in [3.63, 3.8) is 0 Å². The van der Waals surface area contributed by atoms with E-state index in [1.807, 2.05) is 19.1 Å². The Morgan fingerprint density at radius 3 is 2.49 bits per heavy atom. The van der Waals surface area contributed by atoms with E-state index in [0.29, 0.717) is 54.3 Å². The number of thiazole rings is 1. The number of halogens is 1. The number of hydrogen-bond donors (Lipinski definition) is 0. The Bertz CT molecular complexity index is 1640. The van der Waals surface area contributed by atoms with Gasteiger partial charge in [0.15, 0.2) is 16.3 Å². The Morgan fingerprint density at radius 2 is 1.87 bits per heavy atom. The first-order valence-electron chi connectivity index (χ1n) is 12.2. The number of methoxy groups -OCH3 is 1. The Morgan fingerprint density at radius 1 is 1.15 bits per heavy atom. The van der Waals surface area contributed by atoms with E-state index in [1.165, 1.54) is 22.8 Å². The monoisotopic (exact) mass is 614 g/mol. The number of aromatic nitrogens is 1. The molecule has 39 heavy (non-hydrogen) atoms. The Balaban J connectivity index is 1.91. The van der Waals surface area contributed by atoms with Crippen LogP contribution >= 0.6 is 27.3 Å². The van der Waals surface area contributed by atoms with Crippen LogP contribution in [0.3, 0.4) is 0 Å². The van der Waals surface area contributed by atoms with Gasteiger partial charge in [-0.1, -0.05) is 23.5 Å². The predicted molar refractivity (Wildman–Crippen MR) is 150 cm³/mol. The molecule has 11 heteroatoms. The van der Waals surface area contributed by atoms with E-state index in [9.17, 15) is 14.4 Å². The second-order valence-electron chi connectivity index (χ2n) is 8.43. The summed E-state index contributed by atoms with van der Waals surface area (Å²) < 4.78 is 24.0. The van der Waals surface area contributed by atoms with E-state index in [0.717, 1.165) is 0 Å². The first kappa shape index (κ1) is 28.3. The van der Waals surface area contributed by atoms with E-state index >= 15 is 0 Å². The quantitative estimate of drug-likeness (QED) is 0.280. The molecule has 0 spiro atoms.